The minimum Gasteiger partial charge on any atom is -0.379 e. The number of rotatable bonds is 8. The Bertz CT molecular complexity index is 1260. The van der Waals surface area contributed by atoms with E-state index in [0.717, 1.165) is 69.2 Å². The summed E-state index contributed by atoms with van der Waals surface area (Å²) < 4.78 is 10.8. The molecular weight excluding hydrogens is 480 g/mol. The lowest BCUT2D eigenvalue weighted by atomic mass is 9.89. The fraction of sp³-hybridized carbons (Fsp3) is 0.400. The number of hydrogen-bond donors (Lipinski definition) is 0. The summed E-state index contributed by atoms with van der Waals surface area (Å²) >= 11 is 0. The van der Waals surface area contributed by atoms with Gasteiger partial charge in [-0.25, -0.2) is 4.99 Å². The first-order valence-electron chi connectivity index (χ1n) is 13.0. The third-order valence-corrected chi connectivity index (χ3v) is 7.22. The molecule has 38 heavy (non-hydrogen) atoms. The molecule has 2 saturated heterocycles. The van der Waals surface area contributed by atoms with Crippen LogP contribution in [0.25, 0.3) is 0 Å². The van der Waals surface area contributed by atoms with Gasteiger partial charge in [-0.05, 0) is 35.4 Å². The van der Waals surface area contributed by atoms with Crippen LogP contribution in [0.3, 0.4) is 0 Å². The third kappa shape index (κ3) is 6.69. The van der Waals surface area contributed by atoms with E-state index in [1.807, 2.05) is 12.1 Å². The van der Waals surface area contributed by atoms with E-state index in [1.54, 1.807) is 7.11 Å². The summed E-state index contributed by atoms with van der Waals surface area (Å²) in [7, 11) is 1.72. The molecule has 1 unspecified atom stereocenters. The maximum atomic E-state index is 12.3. The topological polar surface area (TPSA) is 83.8 Å². The summed E-state index contributed by atoms with van der Waals surface area (Å²) in [5.41, 5.74) is 4.51. The molecule has 0 aromatic heterocycles. The Kier molecular flexibility index (Phi) is 8.51. The number of carbonyl (C=O) groups excluding carboxylic acids is 2. The monoisotopic (exact) mass is 512 g/mol. The second-order valence-electron chi connectivity index (χ2n) is 9.89. The molecule has 1 atom stereocenters. The number of amides is 1. The largest absolute Gasteiger partial charge is 0.379 e. The molecule has 8 heteroatoms. The number of Topliss-reactive ketones (excluding diaryl/α,β-unsaturated/α-hetero) is 1. The molecule has 0 spiro atoms. The Morgan fingerprint density at radius 1 is 0.974 bits per heavy atom. The van der Waals surface area contributed by atoms with Crippen molar-refractivity contribution in [3.05, 3.63) is 70.8 Å². The van der Waals surface area contributed by atoms with Crippen molar-refractivity contribution < 1.29 is 19.1 Å². The number of morpholine rings is 1. The minimum atomic E-state index is -0.753. The normalized spacial score (nSPS) is 19.4. The second kappa shape index (κ2) is 12.4. The van der Waals surface area contributed by atoms with Crippen molar-refractivity contribution in [2.45, 2.75) is 25.0 Å². The summed E-state index contributed by atoms with van der Waals surface area (Å²) in [6.07, 6.45) is 1.80. The zero-order valence-corrected chi connectivity index (χ0v) is 21.6. The number of carbonyl (C=O) groups is 2. The van der Waals surface area contributed by atoms with E-state index in [4.69, 9.17) is 9.47 Å². The van der Waals surface area contributed by atoms with Crippen molar-refractivity contribution in [2.24, 2.45) is 9.98 Å². The molecule has 3 aliphatic rings. The number of nitrogens with zero attached hydrogens (tertiary/aromatic N) is 4. The van der Waals surface area contributed by atoms with Crippen LogP contribution in [0.15, 0.2) is 58.5 Å². The molecule has 1 amide bonds. The average molecular weight is 513 g/mol. The molecule has 8 nitrogen and oxygen atoms in total. The smallest absolute Gasteiger partial charge is 0.320 e. The van der Waals surface area contributed by atoms with Crippen molar-refractivity contribution in [2.75, 3.05) is 53.0 Å². The van der Waals surface area contributed by atoms with Gasteiger partial charge in [0.05, 0.1) is 25.0 Å². The lowest BCUT2D eigenvalue weighted by Gasteiger charge is -2.40. The summed E-state index contributed by atoms with van der Waals surface area (Å²) in [5, 5.41) is 0. The van der Waals surface area contributed by atoms with Crippen LogP contribution >= 0.6 is 0 Å². The molecule has 0 bridgehead atoms. The van der Waals surface area contributed by atoms with Crippen LogP contribution in [-0.4, -0.2) is 92.7 Å². The standard InChI is InChI=1S/C30H32N4O4/c1-37-27-19-34(20-27)18-26(16-28-29(35)30(36)32-21-31-28)25-10-8-23(9-11-25)3-2-22-4-6-24(7-5-22)17-33-12-14-38-15-13-33/h4-11,21,26-27H,12-20H2,1H3. The Labute approximate surface area is 223 Å². The molecule has 3 aliphatic heterocycles. The van der Waals surface area contributed by atoms with Crippen LogP contribution in [0.1, 0.15) is 34.6 Å². The van der Waals surface area contributed by atoms with Crippen molar-refractivity contribution in [1.82, 2.24) is 9.80 Å². The van der Waals surface area contributed by atoms with Gasteiger partial charge < -0.3 is 9.47 Å². The van der Waals surface area contributed by atoms with Gasteiger partial charge in [-0.1, -0.05) is 36.1 Å². The zero-order chi connectivity index (χ0) is 26.3. The number of ether oxygens (including phenoxy) is 2. The van der Waals surface area contributed by atoms with Gasteiger partial charge in [-0.15, -0.1) is 0 Å². The first kappa shape index (κ1) is 26.1. The average Bonchev–Trinajstić information content (AvgIpc) is 2.92. The molecule has 0 saturated carbocycles. The molecule has 2 fully saturated rings. The van der Waals surface area contributed by atoms with Crippen LogP contribution in [0.5, 0.6) is 0 Å². The Morgan fingerprint density at radius 3 is 2.29 bits per heavy atom. The maximum Gasteiger partial charge on any atom is 0.320 e. The number of ketones is 1. The van der Waals surface area contributed by atoms with E-state index in [9.17, 15) is 9.59 Å². The molecule has 2 aromatic rings. The van der Waals surface area contributed by atoms with Gasteiger partial charge in [0.1, 0.15) is 6.34 Å². The van der Waals surface area contributed by atoms with E-state index >= 15 is 0 Å². The van der Waals surface area contributed by atoms with Crippen molar-refractivity contribution >= 4 is 23.7 Å². The van der Waals surface area contributed by atoms with Gasteiger partial charge in [0.15, 0.2) is 0 Å². The number of aliphatic imine (C=N–C) groups is 2. The summed E-state index contributed by atoms with van der Waals surface area (Å²) in [6, 6.07) is 16.5. The van der Waals surface area contributed by atoms with E-state index in [2.05, 4.69) is 68.0 Å². The number of likely N-dealkylation sites (tertiary alicyclic amines) is 1. The lowest BCUT2D eigenvalue weighted by Crippen LogP contribution is -2.53. The SMILES string of the molecule is COC1CN(CC(CC2=NC=NC(=O)C2=O)c2ccc(C#Cc3ccc(CN4CCOCC4)cc3)cc2)C1. The first-order chi connectivity index (χ1) is 18.6. The van der Waals surface area contributed by atoms with Gasteiger partial charge >= 0.3 is 5.91 Å². The highest BCUT2D eigenvalue weighted by Crippen LogP contribution is 2.26. The van der Waals surface area contributed by atoms with Gasteiger partial charge in [-0.3, -0.25) is 19.4 Å². The van der Waals surface area contributed by atoms with E-state index in [1.165, 1.54) is 11.9 Å². The lowest BCUT2D eigenvalue weighted by molar-refractivity contribution is -0.132. The predicted octanol–water partition coefficient (Wildman–Crippen LogP) is 2.30. The van der Waals surface area contributed by atoms with E-state index < -0.39 is 11.7 Å². The van der Waals surface area contributed by atoms with Gasteiger partial charge in [0, 0.05) is 69.8 Å². The summed E-state index contributed by atoms with van der Waals surface area (Å²) in [6.45, 7) is 6.93. The Balaban J connectivity index is 1.24. The zero-order valence-electron chi connectivity index (χ0n) is 21.6. The quantitative estimate of drug-likeness (QED) is 0.399. The third-order valence-electron chi connectivity index (χ3n) is 7.22. The first-order valence-corrected chi connectivity index (χ1v) is 13.0. The second-order valence-corrected chi connectivity index (χ2v) is 9.89. The summed E-state index contributed by atoms with van der Waals surface area (Å²) in [4.78, 5) is 36.3. The molecule has 0 radical (unpaired) electrons. The molecule has 0 aliphatic carbocycles. The Morgan fingerprint density at radius 2 is 1.63 bits per heavy atom. The van der Waals surface area contributed by atoms with Crippen LogP contribution < -0.4 is 0 Å². The molecule has 3 heterocycles. The van der Waals surface area contributed by atoms with Crippen molar-refractivity contribution in [1.29, 1.82) is 0 Å². The molecule has 0 N–H and O–H groups in total. The van der Waals surface area contributed by atoms with E-state index in [0.29, 0.717) is 6.42 Å². The fourth-order valence-electron chi connectivity index (χ4n) is 4.88. The molecule has 2 aromatic carbocycles. The number of hydrogen-bond acceptors (Lipinski definition) is 7. The minimum absolute atomic E-state index is 0.0100. The van der Waals surface area contributed by atoms with Gasteiger partial charge in [0.2, 0.25) is 0 Å². The van der Waals surface area contributed by atoms with Crippen molar-refractivity contribution in [3.8, 4) is 11.8 Å². The highest BCUT2D eigenvalue weighted by atomic mass is 16.5. The highest BCUT2D eigenvalue weighted by molar-refractivity contribution is 6.66. The molecule has 196 valence electrons. The van der Waals surface area contributed by atoms with Crippen LogP contribution in [-0.2, 0) is 25.6 Å². The molecular formula is C30H32N4O4. The van der Waals surface area contributed by atoms with Crippen molar-refractivity contribution in [3.63, 3.8) is 0 Å². The fourth-order valence-corrected chi connectivity index (χ4v) is 4.88. The number of methoxy groups -OCH3 is 1. The number of benzene rings is 2. The maximum absolute atomic E-state index is 12.3. The Hall–Kier alpha value is -3.48. The predicted molar refractivity (Wildman–Crippen MR) is 145 cm³/mol. The highest BCUT2D eigenvalue weighted by Gasteiger charge is 2.31. The van der Waals surface area contributed by atoms with Gasteiger partial charge in [0.25, 0.3) is 5.78 Å². The van der Waals surface area contributed by atoms with Gasteiger partial charge in [-0.2, -0.15) is 4.99 Å². The van der Waals surface area contributed by atoms with E-state index in [-0.39, 0.29) is 17.7 Å². The van der Waals surface area contributed by atoms with Crippen LogP contribution in [0.2, 0.25) is 0 Å². The molecule has 5 rings (SSSR count). The van der Waals surface area contributed by atoms with Crippen LogP contribution in [0, 0.1) is 11.8 Å². The van der Waals surface area contributed by atoms with Crippen LogP contribution in [0.4, 0.5) is 0 Å². The summed E-state index contributed by atoms with van der Waals surface area (Å²) in [5.74, 6) is 5.15.